The molecule has 2 heterocycles. The average Bonchev–Trinajstić information content (AvgIpc) is 3.03. The van der Waals surface area contributed by atoms with Gasteiger partial charge in [-0.3, -0.25) is 0 Å². The van der Waals surface area contributed by atoms with Crippen LogP contribution in [0.5, 0.6) is 0 Å². The second kappa shape index (κ2) is 6.64. The number of furan rings is 1. The summed E-state index contributed by atoms with van der Waals surface area (Å²) in [6.07, 6.45) is 3.47. The third kappa shape index (κ3) is 3.87. The maximum atomic E-state index is 9.96. The zero-order valence-corrected chi connectivity index (χ0v) is 12.8. The maximum Gasteiger partial charge on any atom is 0.191 e. The van der Waals surface area contributed by atoms with E-state index in [-0.39, 0.29) is 6.61 Å². The molecule has 1 saturated carbocycles. The number of nitrogens with zero attached hydrogens (tertiary/aromatic N) is 3. The fourth-order valence-electron chi connectivity index (χ4n) is 2.11. The first-order valence-corrected chi connectivity index (χ1v) is 8.05. The van der Waals surface area contributed by atoms with E-state index in [9.17, 15) is 5.11 Å². The van der Waals surface area contributed by atoms with Crippen LogP contribution in [0.25, 0.3) is 0 Å². The Hall–Kier alpha value is -1.31. The highest BCUT2D eigenvalue weighted by atomic mass is 32.2. The molecule has 1 unspecified atom stereocenters. The molecule has 1 aliphatic rings. The lowest BCUT2D eigenvalue weighted by Crippen LogP contribution is -2.18. The van der Waals surface area contributed by atoms with Gasteiger partial charge in [0.25, 0.3) is 0 Å². The predicted molar refractivity (Wildman–Crippen MR) is 78.1 cm³/mol. The SMILES string of the molecule is Cc1nnc(SCC(O)COCc2ccco2)n1C1CC1. The Morgan fingerprint density at radius 3 is 3.10 bits per heavy atom. The standard InChI is InChI=1S/C14H19N3O3S/c1-10-15-16-14(17(10)11-4-5-11)21-9-12(18)7-19-8-13-3-2-6-20-13/h2-3,6,11-12,18H,4-5,7-9H2,1H3. The fraction of sp³-hybridized carbons (Fsp3) is 0.571. The number of aromatic nitrogens is 3. The molecule has 0 aliphatic heterocycles. The van der Waals surface area contributed by atoms with E-state index in [0.717, 1.165) is 16.7 Å². The van der Waals surface area contributed by atoms with Gasteiger partial charge in [-0.2, -0.15) is 0 Å². The highest BCUT2D eigenvalue weighted by molar-refractivity contribution is 7.99. The highest BCUT2D eigenvalue weighted by Crippen LogP contribution is 2.38. The van der Waals surface area contributed by atoms with Crippen molar-refractivity contribution in [2.75, 3.05) is 12.4 Å². The van der Waals surface area contributed by atoms with Crippen molar-refractivity contribution in [3.8, 4) is 0 Å². The molecule has 1 N–H and O–H groups in total. The first-order valence-electron chi connectivity index (χ1n) is 7.06. The number of rotatable bonds is 8. The van der Waals surface area contributed by atoms with E-state index in [0.29, 0.717) is 18.4 Å². The largest absolute Gasteiger partial charge is 0.467 e. The summed E-state index contributed by atoms with van der Waals surface area (Å²) in [5.41, 5.74) is 0. The summed E-state index contributed by atoms with van der Waals surface area (Å²) in [5.74, 6) is 2.26. The smallest absolute Gasteiger partial charge is 0.191 e. The lowest BCUT2D eigenvalue weighted by atomic mass is 10.4. The molecular formula is C14H19N3O3S. The van der Waals surface area contributed by atoms with E-state index in [4.69, 9.17) is 9.15 Å². The van der Waals surface area contributed by atoms with Gasteiger partial charge in [-0.1, -0.05) is 11.8 Å². The van der Waals surface area contributed by atoms with Crippen LogP contribution in [0.1, 0.15) is 30.5 Å². The molecule has 6 nitrogen and oxygen atoms in total. The highest BCUT2D eigenvalue weighted by Gasteiger charge is 2.28. The summed E-state index contributed by atoms with van der Waals surface area (Å²) < 4.78 is 12.8. The molecule has 1 fully saturated rings. The molecule has 2 aromatic rings. The van der Waals surface area contributed by atoms with Gasteiger partial charge >= 0.3 is 0 Å². The topological polar surface area (TPSA) is 73.3 Å². The number of ether oxygens (including phenoxy) is 1. The van der Waals surface area contributed by atoms with Crippen molar-refractivity contribution in [3.63, 3.8) is 0 Å². The van der Waals surface area contributed by atoms with Gasteiger partial charge < -0.3 is 18.8 Å². The van der Waals surface area contributed by atoms with Gasteiger partial charge in [0.2, 0.25) is 0 Å². The molecule has 0 radical (unpaired) electrons. The Labute approximate surface area is 127 Å². The summed E-state index contributed by atoms with van der Waals surface area (Å²) in [4.78, 5) is 0. The van der Waals surface area contributed by atoms with Crippen molar-refractivity contribution in [2.45, 2.75) is 43.7 Å². The van der Waals surface area contributed by atoms with Crippen molar-refractivity contribution in [2.24, 2.45) is 0 Å². The van der Waals surface area contributed by atoms with Gasteiger partial charge in [-0.15, -0.1) is 10.2 Å². The Kier molecular flexibility index (Phi) is 4.62. The Bertz CT molecular complexity index is 566. The zero-order chi connectivity index (χ0) is 14.7. The first-order chi connectivity index (χ1) is 10.2. The number of hydrogen-bond acceptors (Lipinski definition) is 6. The zero-order valence-electron chi connectivity index (χ0n) is 11.9. The van der Waals surface area contributed by atoms with E-state index in [1.54, 1.807) is 6.26 Å². The number of thioether (sulfide) groups is 1. The number of aliphatic hydroxyl groups is 1. The van der Waals surface area contributed by atoms with Crippen molar-refractivity contribution < 1.29 is 14.3 Å². The van der Waals surface area contributed by atoms with Crippen LogP contribution in [-0.2, 0) is 11.3 Å². The van der Waals surface area contributed by atoms with Crippen LogP contribution >= 0.6 is 11.8 Å². The van der Waals surface area contributed by atoms with Gasteiger partial charge in [0, 0.05) is 11.8 Å². The number of aryl methyl sites for hydroxylation is 1. The molecule has 1 atom stereocenters. The summed E-state index contributed by atoms with van der Waals surface area (Å²) in [6.45, 7) is 2.63. The summed E-state index contributed by atoms with van der Waals surface area (Å²) in [7, 11) is 0. The molecule has 0 aromatic carbocycles. The van der Waals surface area contributed by atoms with Crippen molar-refractivity contribution in [3.05, 3.63) is 30.0 Å². The second-order valence-electron chi connectivity index (χ2n) is 5.19. The molecule has 0 bridgehead atoms. The lowest BCUT2D eigenvalue weighted by Gasteiger charge is -2.11. The number of aliphatic hydroxyl groups excluding tert-OH is 1. The van der Waals surface area contributed by atoms with Gasteiger partial charge in [-0.05, 0) is 31.9 Å². The number of hydrogen-bond donors (Lipinski definition) is 1. The van der Waals surface area contributed by atoms with Crippen LogP contribution in [0.3, 0.4) is 0 Å². The van der Waals surface area contributed by atoms with Gasteiger partial charge in [-0.25, -0.2) is 0 Å². The first kappa shape index (κ1) is 14.6. The third-order valence-corrected chi connectivity index (χ3v) is 4.37. The Morgan fingerprint density at radius 2 is 2.38 bits per heavy atom. The average molecular weight is 309 g/mol. The lowest BCUT2D eigenvalue weighted by molar-refractivity contribution is 0.0328. The van der Waals surface area contributed by atoms with E-state index in [1.807, 2.05) is 19.1 Å². The minimum atomic E-state index is -0.533. The van der Waals surface area contributed by atoms with Crippen molar-refractivity contribution >= 4 is 11.8 Å². The summed E-state index contributed by atoms with van der Waals surface area (Å²) in [6, 6.07) is 4.22. The van der Waals surface area contributed by atoms with Crippen LogP contribution < -0.4 is 0 Å². The Morgan fingerprint density at radius 1 is 1.52 bits per heavy atom. The van der Waals surface area contributed by atoms with E-state index in [1.165, 1.54) is 24.6 Å². The predicted octanol–water partition coefficient (Wildman–Crippen LogP) is 2.18. The molecule has 2 aromatic heterocycles. The van der Waals surface area contributed by atoms with Gasteiger partial charge in [0.1, 0.15) is 18.2 Å². The van der Waals surface area contributed by atoms with Crippen LogP contribution in [0.15, 0.2) is 28.0 Å². The monoisotopic (exact) mass is 309 g/mol. The second-order valence-corrected chi connectivity index (χ2v) is 6.18. The van der Waals surface area contributed by atoms with Gasteiger partial charge in [0.15, 0.2) is 5.16 Å². The van der Waals surface area contributed by atoms with E-state index >= 15 is 0 Å². The van der Waals surface area contributed by atoms with Crippen LogP contribution in [0.4, 0.5) is 0 Å². The molecule has 1 aliphatic carbocycles. The van der Waals surface area contributed by atoms with Crippen LogP contribution in [0, 0.1) is 6.92 Å². The fourth-order valence-corrected chi connectivity index (χ4v) is 3.07. The van der Waals surface area contributed by atoms with Crippen molar-refractivity contribution in [1.82, 2.24) is 14.8 Å². The molecule has 0 amide bonds. The van der Waals surface area contributed by atoms with Gasteiger partial charge in [0.05, 0.1) is 19.0 Å². The molecule has 0 saturated heterocycles. The quantitative estimate of drug-likeness (QED) is 0.754. The van der Waals surface area contributed by atoms with E-state index in [2.05, 4.69) is 14.8 Å². The normalized spacial score (nSPS) is 16.3. The summed E-state index contributed by atoms with van der Waals surface area (Å²) >= 11 is 1.53. The van der Waals surface area contributed by atoms with Crippen LogP contribution in [-0.4, -0.2) is 38.3 Å². The Balaban J connectivity index is 1.42. The molecular weight excluding hydrogens is 290 g/mol. The minimum Gasteiger partial charge on any atom is -0.467 e. The third-order valence-electron chi connectivity index (χ3n) is 3.29. The van der Waals surface area contributed by atoms with Crippen LogP contribution in [0.2, 0.25) is 0 Å². The van der Waals surface area contributed by atoms with E-state index < -0.39 is 6.10 Å². The maximum absolute atomic E-state index is 9.96. The summed E-state index contributed by atoms with van der Waals surface area (Å²) in [5, 5.41) is 19.1. The molecule has 0 spiro atoms. The molecule has 21 heavy (non-hydrogen) atoms. The molecule has 7 heteroatoms. The molecule has 114 valence electrons. The molecule has 3 rings (SSSR count). The van der Waals surface area contributed by atoms with Crippen molar-refractivity contribution in [1.29, 1.82) is 0 Å². The minimum absolute atomic E-state index is 0.282.